The van der Waals surface area contributed by atoms with Gasteiger partial charge in [-0.05, 0) is 43.9 Å². The van der Waals surface area contributed by atoms with Crippen LogP contribution in [0.1, 0.15) is 58.8 Å². The Hall–Kier alpha value is -0.330. The van der Waals surface area contributed by atoms with Crippen LogP contribution < -0.4 is 0 Å². The van der Waals surface area contributed by atoms with E-state index >= 15 is 0 Å². The second kappa shape index (κ2) is 5.41. The molecule has 0 heterocycles. The second-order valence-corrected chi connectivity index (χ2v) is 4.83. The van der Waals surface area contributed by atoms with Crippen molar-refractivity contribution in [2.75, 3.05) is 0 Å². The fourth-order valence-electron chi connectivity index (χ4n) is 2.38. The van der Waals surface area contributed by atoms with Crippen LogP contribution in [0.4, 0.5) is 0 Å². The van der Waals surface area contributed by atoms with Crippen LogP contribution >= 0.6 is 0 Å². The summed E-state index contributed by atoms with van der Waals surface area (Å²) in [4.78, 5) is 0. The summed E-state index contributed by atoms with van der Waals surface area (Å²) >= 11 is 0. The number of nitrogens with one attached hydrogen (secondary N) is 1. The van der Waals surface area contributed by atoms with E-state index in [1.165, 1.54) is 32.1 Å². The molecule has 0 spiro atoms. The molecule has 2 atom stereocenters. The molecule has 0 aliphatic heterocycles. The van der Waals surface area contributed by atoms with Crippen molar-refractivity contribution in [2.24, 2.45) is 11.8 Å². The summed E-state index contributed by atoms with van der Waals surface area (Å²) < 4.78 is 0. The largest absolute Gasteiger partial charge is 0.310 e. The Kier molecular flexibility index (Phi) is 4.47. The third kappa shape index (κ3) is 4.44. The molecule has 1 rings (SSSR count). The number of hydrogen-bond acceptors (Lipinski definition) is 1. The molecule has 0 amide bonds. The van der Waals surface area contributed by atoms with Crippen molar-refractivity contribution in [1.82, 2.24) is 0 Å². The first-order valence-electron chi connectivity index (χ1n) is 5.74. The van der Waals surface area contributed by atoms with Gasteiger partial charge in [0.25, 0.3) is 0 Å². The van der Waals surface area contributed by atoms with E-state index in [9.17, 15) is 0 Å². The minimum absolute atomic E-state index is 0.876. The van der Waals surface area contributed by atoms with Gasteiger partial charge in [-0.2, -0.15) is 0 Å². The zero-order chi connectivity index (χ0) is 9.68. The van der Waals surface area contributed by atoms with Crippen LogP contribution in [0.15, 0.2) is 0 Å². The lowest BCUT2D eigenvalue weighted by molar-refractivity contribution is 0.363. The van der Waals surface area contributed by atoms with E-state index in [-0.39, 0.29) is 0 Å². The summed E-state index contributed by atoms with van der Waals surface area (Å²) in [6, 6.07) is 0. The molecule has 1 nitrogen and oxygen atoms in total. The molecule has 0 aromatic heterocycles. The average Bonchev–Trinajstić information content (AvgIpc) is 2.03. The fourth-order valence-corrected chi connectivity index (χ4v) is 2.38. The highest BCUT2D eigenvalue weighted by molar-refractivity contribution is 5.81. The molecule has 1 saturated carbocycles. The Labute approximate surface area is 82.4 Å². The van der Waals surface area contributed by atoms with Gasteiger partial charge in [0.05, 0.1) is 0 Å². The monoisotopic (exact) mass is 181 g/mol. The Bertz CT molecular complexity index is 147. The predicted molar refractivity (Wildman–Crippen MR) is 58.4 cm³/mol. The molecule has 13 heavy (non-hydrogen) atoms. The lowest BCUT2D eigenvalue weighted by atomic mass is 9.87. The summed E-state index contributed by atoms with van der Waals surface area (Å²) in [5.74, 6) is 1.75. The molecule has 0 aromatic rings. The molecule has 1 fully saturated rings. The topological polar surface area (TPSA) is 23.9 Å². The second-order valence-electron chi connectivity index (χ2n) is 4.83. The standard InChI is InChI=1S/C12H23N/c1-10-5-3-7-12(13)8-4-6-11(2)9-10/h10-11,13H,3-9H2,1-2H3. The van der Waals surface area contributed by atoms with Gasteiger partial charge >= 0.3 is 0 Å². The highest BCUT2D eigenvalue weighted by Gasteiger charge is 2.11. The van der Waals surface area contributed by atoms with Crippen LogP contribution in [0.25, 0.3) is 0 Å². The van der Waals surface area contributed by atoms with E-state index < -0.39 is 0 Å². The maximum absolute atomic E-state index is 7.73. The van der Waals surface area contributed by atoms with E-state index in [4.69, 9.17) is 5.41 Å². The molecule has 0 aromatic carbocycles. The van der Waals surface area contributed by atoms with Gasteiger partial charge < -0.3 is 5.41 Å². The van der Waals surface area contributed by atoms with E-state index in [0.29, 0.717) is 0 Å². The molecule has 1 N–H and O–H groups in total. The molecule has 0 radical (unpaired) electrons. The van der Waals surface area contributed by atoms with Crippen molar-refractivity contribution in [3.8, 4) is 0 Å². The summed E-state index contributed by atoms with van der Waals surface area (Å²) in [5.41, 5.74) is 0.987. The van der Waals surface area contributed by atoms with Crippen molar-refractivity contribution >= 4 is 5.71 Å². The van der Waals surface area contributed by atoms with Gasteiger partial charge in [0, 0.05) is 5.71 Å². The van der Waals surface area contributed by atoms with Gasteiger partial charge in [-0.15, -0.1) is 0 Å². The van der Waals surface area contributed by atoms with Crippen molar-refractivity contribution in [3.05, 3.63) is 0 Å². The van der Waals surface area contributed by atoms with E-state index in [0.717, 1.165) is 30.4 Å². The predicted octanol–water partition coefficient (Wildman–Crippen LogP) is 4.02. The zero-order valence-electron chi connectivity index (χ0n) is 9.10. The summed E-state index contributed by atoms with van der Waals surface area (Å²) in [7, 11) is 0. The van der Waals surface area contributed by atoms with Crippen LogP contribution in [0.2, 0.25) is 0 Å². The number of hydrogen-bond donors (Lipinski definition) is 1. The Morgan fingerprint density at radius 1 is 1.00 bits per heavy atom. The normalized spacial score (nSPS) is 32.9. The molecular formula is C12H23N. The summed E-state index contributed by atoms with van der Waals surface area (Å²) in [6.07, 6.45) is 8.64. The van der Waals surface area contributed by atoms with E-state index in [1.807, 2.05) is 0 Å². The van der Waals surface area contributed by atoms with Gasteiger partial charge in [-0.3, -0.25) is 0 Å². The average molecular weight is 181 g/mol. The fraction of sp³-hybridized carbons (Fsp3) is 0.917. The highest BCUT2D eigenvalue weighted by Crippen LogP contribution is 2.23. The van der Waals surface area contributed by atoms with Gasteiger partial charge in [-0.1, -0.05) is 26.7 Å². The molecule has 76 valence electrons. The molecular weight excluding hydrogens is 158 g/mol. The SMILES string of the molecule is CC1CCCC(=N)CCCC(C)C1. The van der Waals surface area contributed by atoms with Crippen molar-refractivity contribution in [1.29, 1.82) is 5.41 Å². The molecule has 2 unspecified atom stereocenters. The third-order valence-corrected chi connectivity index (χ3v) is 3.16. The highest BCUT2D eigenvalue weighted by atomic mass is 14.4. The Morgan fingerprint density at radius 2 is 1.46 bits per heavy atom. The van der Waals surface area contributed by atoms with Crippen LogP contribution in [-0.2, 0) is 0 Å². The minimum Gasteiger partial charge on any atom is -0.310 e. The zero-order valence-corrected chi connectivity index (χ0v) is 9.10. The Balaban J connectivity index is 2.37. The first kappa shape index (κ1) is 10.7. The molecule has 1 aliphatic rings. The summed E-state index contributed by atoms with van der Waals surface area (Å²) in [6.45, 7) is 4.73. The first-order valence-corrected chi connectivity index (χ1v) is 5.74. The lowest BCUT2D eigenvalue weighted by Crippen LogP contribution is -2.08. The van der Waals surface area contributed by atoms with E-state index in [2.05, 4.69) is 13.8 Å². The lowest BCUT2D eigenvalue weighted by Gasteiger charge is -2.19. The van der Waals surface area contributed by atoms with Crippen LogP contribution in [0.5, 0.6) is 0 Å². The van der Waals surface area contributed by atoms with Crippen LogP contribution in [-0.4, -0.2) is 5.71 Å². The number of rotatable bonds is 0. The van der Waals surface area contributed by atoms with Crippen molar-refractivity contribution in [3.63, 3.8) is 0 Å². The molecule has 1 aliphatic carbocycles. The molecule has 0 saturated heterocycles. The van der Waals surface area contributed by atoms with Crippen LogP contribution in [0, 0.1) is 17.2 Å². The summed E-state index contributed by atoms with van der Waals surface area (Å²) in [5, 5.41) is 7.73. The maximum Gasteiger partial charge on any atom is 0.00891 e. The van der Waals surface area contributed by atoms with Gasteiger partial charge in [0.2, 0.25) is 0 Å². The maximum atomic E-state index is 7.73. The van der Waals surface area contributed by atoms with Gasteiger partial charge in [0.1, 0.15) is 0 Å². The van der Waals surface area contributed by atoms with E-state index in [1.54, 1.807) is 0 Å². The van der Waals surface area contributed by atoms with Crippen LogP contribution in [0.3, 0.4) is 0 Å². The van der Waals surface area contributed by atoms with Gasteiger partial charge in [-0.25, -0.2) is 0 Å². The third-order valence-electron chi connectivity index (χ3n) is 3.16. The quantitative estimate of drug-likeness (QED) is 0.583. The molecule has 0 bridgehead atoms. The minimum atomic E-state index is 0.876. The Morgan fingerprint density at radius 3 is 1.92 bits per heavy atom. The van der Waals surface area contributed by atoms with Gasteiger partial charge in [0.15, 0.2) is 0 Å². The smallest absolute Gasteiger partial charge is 0.00891 e. The van der Waals surface area contributed by atoms with Crippen molar-refractivity contribution < 1.29 is 0 Å². The molecule has 1 heteroatoms. The van der Waals surface area contributed by atoms with Crippen molar-refractivity contribution in [2.45, 2.75) is 58.8 Å². The first-order chi connectivity index (χ1) is 6.18.